The second kappa shape index (κ2) is 8.01. The molecule has 0 unspecified atom stereocenters. The van der Waals surface area contributed by atoms with E-state index in [4.69, 9.17) is 5.73 Å². The summed E-state index contributed by atoms with van der Waals surface area (Å²) < 4.78 is 2.12. The third-order valence-electron chi connectivity index (χ3n) is 3.60. The number of amides is 1. The van der Waals surface area contributed by atoms with Crippen LogP contribution in [0.15, 0.2) is 30.3 Å². The van der Waals surface area contributed by atoms with Gasteiger partial charge in [-0.05, 0) is 57.5 Å². The Hall–Kier alpha value is -1.78. The summed E-state index contributed by atoms with van der Waals surface area (Å²) in [5.74, 6) is -0.0320. The molecule has 120 valence electrons. The van der Waals surface area contributed by atoms with Crippen LogP contribution in [-0.4, -0.2) is 23.6 Å². The van der Waals surface area contributed by atoms with Crippen LogP contribution < -0.4 is 11.1 Å². The number of nitrogens with zero attached hydrogens (tertiary/aromatic N) is 1. The Morgan fingerprint density at radius 3 is 2.59 bits per heavy atom. The first-order chi connectivity index (χ1) is 10.0. The van der Waals surface area contributed by atoms with Gasteiger partial charge in [0.2, 0.25) is 0 Å². The van der Waals surface area contributed by atoms with Gasteiger partial charge in [-0.2, -0.15) is 0 Å². The minimum atomic E-state index is -0.0320. The van der Waals surface area contributed by atoms with Gasteiger partial charge in [0.15, 0.2) is 0 Å². The summed E-state index contributed by atoms with van der Waals surface area (Å²) in [5.41, 5.74) is 10.5. The number of nitrogens with two attached hydrogens (primary N) is 1. The molecule has 0 saturated carbocycles. The molecule has 0 aliphatic rings. The van der Waals surface area contributed by atoms with E-state index in [1.165, 1.54) is 5.56 Å². The summed E-state index contributed by atoms with van der Waals surface area (Å²) in [4.78, 5) is 12.2. The summed E-state index contributed by atoms with van der Waals surface area (Å²) in [6.07, 6.45) is 0.794. The number of rotatable bonds is 5. The number of hydrogen-bond acceptors (Lipinski definition) is 2. The van der Waals surface area contributed by atoms with Crippen LogP contribution in [0.4, 0.5) is 0 Å². The first kappa shape index (κ1) is 18.3. The van der Waals surface area contributed by atoms with Crippen LogP contribution >= 0.6 is 12.4 Å². The monoisotopic (exact) mass is 321 g/mol. The van der Waals surface area contributed by atoms with Crippen molar-refractivity contribution < 1.29 is 4.79 Å². The Labute approximate surface area is 138 Å². The molecule has 1 heterocycles. The highest BCUT2D eigenvalue weighted by molar-refractivity contribution is 5.95. The SMILES string of the molecule is Cc1cccc(-n2c(C)cc(C(=O)NCCCN)c2C)c1.Cl. The van der Waals surface area contributed by atoms with Gasteiger partial charge in [0.25, 0.3) is 5.91 Å². The Balaban J connectivity index is 0.00000242. The minimum Gasteiger partial charge on any atom is -0.352 e. The molecule has 2 aromatic rings. The Morgan fingerprint density at radius 2 is 1.95 bits per heavy atom. The Bertz CT molecular complexity index is 649. The van der Waals surface area contributed by atoms with Crippen molar-refractivity contribution in [3.8, 4) is 5.69 Å². The second-order valence-corrected chi connectivity index (χ2v) is 5.36. The summed E-state index contributed by atoms with van der Waals surface area (Å²) in [7, 11) is 0. The van der Waals surface area contributed by atoms with Crippen molar-refractivity contribution in [1.82, 2.24) is 9.88 Å². The first-order valence-corrected chi connectivity index (χ1v) is 7.29. The zero-order valence-corrected chi connectivity index (χ0v) is 14.2. The maximum Gasteiger partial charge on any atom is 0.253 e. The minimum absolute atomic E-state index is 0. The summed E-state index contributed by atoms with van der Waals surface area (Å²) in [5, 5.41) is 2.91. The van der Waals surface area contributed by atoms with Gasteiger partial charge in [-0.1, -0.05) is 12.1 Å². The van der Waals surface area contributed by atoms with Crippen LogP contribution in [0.5, 0.6) is 0 Å². The van der Waals surface area contributed by atoms with Crippen LogP contribution in [0.1, 0.15) is 33.7 Å². The molecule has 0 spiro atoms. The number of nitrogens with one attached hydrogen (secondary N) is 1. The van der Waals surface area contributed by atoms with E-state index in [1.54, 1.807) is 0 Å². The highest BCUT2D eigenvalue weighted by atomic mass is 35.5. The van der Waals surface area contributed by atoms with Crippen molar-refractivity contribution in [1.29, 1.82) is 0 Å². The van der Waals surface area contributed by atoms with Gasteiger partial charge in [-0.25, -0.2) is 0 Å². The molecule has 1 aromatic heterocycles. The fourth-order valence-corrected chi connectivity index (χ4v) is 2.56. The average Bonchev–Trinajstić information content (AvgIpc) is 2.74. The zero-order chi connectivity index (χ0) is 15.4. The third-order valence-corrected chi connectivity index (χ3v) is 3.60. The topological polar surface area (TPSA) is 60.0 Å². The van der Waals surface area contributed by atoms with E-state index in [9.17, 15) is 4.79 Å². The molecule has 0 saturated heterocycles. The van der Waals surface area contributed by atoms with Crippen molar-refractivity contribution in [3.63, 3.8) is 0 Å². The standard InChI is InChI=1S/C17H23N3O.ClH/c1-12-6-4-7-15(10-12)20-13(2)11-16(14(20)3)17(21)19-9-5-8-18;/h4,6-7,10-11H,5,8-9,18H2,1-3H3,(H,19,21);1H. The predicted octanol–water partition coefficient (Wildman–Crippen LogP) is 2.90. The van der Waals surface area contributed by atoms with Crippen LogP contribution in [0.3, 0.4) is 0 Å². The smallest absolute Gasteiger partial charge is 0.253 e. The van der Waals surface area contributed by atoms with E-state index in [0.29, 0.717) is 13.1 Å². The highest BCUT2D eigenvalue weighted by Gasteiger charge is 2.16. The van der Waals surface area contributed by atoms with Gasteiger partial charge in [0, 0.05) is 23.6 Å². The Kier molecular flexibility index (Phi) is 6.65. The molecule has 22 heavy (non-hydrogen) atoms. The molecule has 1 amide bonds. The molecular formula is C17H24ClN3O. The first-order valence-electron chi connectivity index (χ1n) is 7.29. The van der Waals surface area contributed by atoms with Crippen molar-refractivity contribution in [2.24, 2.45) is 5.73 Å². The molecule has 0 atom stereocenters. The van der Waals surface area contributed by atoms with Crippen LogP contribution in [0.25, 0.3) is 5.69 Å². The lowest BCUT2D eigenvalue weighted by Gasteiger charge is -2.11. The van der Waals surface area contributed by atoms with Gasteiger partial charge in [-0.15, -0.1) is 12.4 Å². The molecule has 0 bridgehead atoms. The normalized spacial score (nSPS) is 10.2. The van der Waals surface area contributed by atoms with Crippen molar-refractivity contribution in [3.05, 3.63) is 52.8 Å². The largest absolute Gasteiger partial charge is 0.352 e. The molecule has 4 nitrogen and oxygen atoms in total. The number of carbonyl (C=O) groups is 1. The highest BCUT2D eigenvalue weighted by Crippen LogP contribution is 2.21. The van der Waals surface area contributed by atoms with E-state index in [-0.39, 0.29) is 18.3 Å². The zero-order valence-electron chi connectivity index (χ0n) is 13.3. The lowest BCUT2D eigenvalue weighted by Crippen LogP contribution is -2.26. The predicted molar refractivity (Wildman–Crippen MR) is 93.2 cm³/mol. The van der Waals surface area contributed by atoms with Crippen LogP contribution in [-0.2, 0) is 0 Å². The van der Waals surface area contributed by atoms with E-state index in [2.05, 4.69) is 35.0 Å². The van der Waals surface area contributed by atoms with Crippen molar-refractivity contribution >= 4 is 18.3 Å². The number of benzene rings is 1. The molecule has 5 heteroatoms. The molecule has 0 aliphatic heterocycles. The molecule has 1 aromatic carbocycles. The van der Waals surface area contributed by atoms with Crippen molar-refractivity contribution in [2.75, 3.05) is 13.1 Å². The molecule has 0 aliphatic carbocycles. The summed E-state index contributed by atoms with van der Waals surface area (Å²) in [6.45, 7) is 7.27. The van der Waals surface area contributed by atoms with Gasteiger partial charge in [0.1, 0.15) is 0 Å². The molecule has 2 rings (SSSR count). The summed E-state index contributed by atoms with van der Waals surface area (Å²) >= 11 is 0. The lowest BCUT2D eigenvalue weighted by atomic mass is 10.2. The lowest BCUT2D eigenvalue weighted by molar-refractivity contribution is 0.0953. The number of halogens is 1. The van der Waals surface area contributed by atoms with Gasteiger partial charge in [-0.3, -0.25) is 4.79 Å². The van der Waals surface area contributed by atoms with Gasteiger partial charge in [0.05, 0.1) is 5.56 Å². The van der Waals surface area contributed by atoms with Crippen molar-refractivity contribution in [2.45, 2.75) is 27.2 Å². The molecule has 0 fully saturated rings. The van der Waals surface area contributed by atoms with E-state index in [1.807, 2.05) is 26.0 Å². The molecular weight excluding hydrogens is 298 g/mol. The number of aryl methyl sites for hydroxylation is 2. The Morgan fingerprint density at radius 1 is 1.23 bits per heavy atom. The van der Waals surface area contributed by atoms with Gasteiger partial charge >= 0.3 is 0 Å². The van der Waals surface area contributed by atoms with E-state index in [0.717, 1.165) is 29.1 Å². The van der Waals surface area contributed by atoms with Gasteiger partial charge < -0.3 is 15.6 Å². The number of hydrogen-bond donors (Lipinski definition) is 2. The van der Waals surface area contributed by atoms with Crippen LogP contribution in [0.2, 0.25) is 0 Å². The summed E-state index contributed by atoms with van der Waals surface area (Å²) in [6, 6.07) is 10.2. The maximum atomic E-state index is 12.2. The molecule has 3 N–H and O–H groups in total. The fraction of sp³-hybridized carbons (Fsp3) is 0.353. The number of carbonyl (C=O) groups excluding carboxylic acids is 1. The third kappa shape index (κ3) is 3.90. The quantitative estimate of drug-likeness (QED) is 0.832. The van der Waals surface area contributed by atoms with E-state index < -0.39 is 0 Å². The molecule has 0 radical (unpaired) electrons. The average molecular weight is 322 g/mol. The van der Waals surface area contributed by atoms with E-state index >= 15 is 0 Å². The fourth-order valence-electron chi connectivity index (χ4n) is 2.56. The van der Waals surface area contributed by atoms with Crippen LogP contribution in [0, 0.1) is 20.8 Å². The maximum absolute atomic E-state index is 12.2. The second-order valence-electron chi connectivity index (χ2n) is 5.36. The number of aromatic nitrogens is 1.